The fourth-order valence-corrected chi connectivity index (χ4v) is 3.62. The lowest BCUT2D eigenvalue weighted by molar-refractivity contribution is 0.405. The zero-order chi connectivity index (χ0) is 14.7. The van der Waals surface area contributed by atoms with E-state index in [1.165, 1.54) is 42.5 Å². The number of halogens is 1. The normalized spacial score (nSPS) is 22.0. The van der Waals surface area contributed by atoms with Gasteiger partial charge in [-0.15, -0.1) is 0 Å². The summed E-state index contributed by atoms with van der Waals surface area (Å²) in [4.78, 5) is 0. The summed E-state index contributed by atoms with van der Waals surface area (Å²) < 4.78 is 0. The molecule has 1 nitrogen and oxygen atoms in total. The van der Waals surface area contributed by atoms with E-state index in [0.717, 1.165) is 5.02 Å². The van der Waals surface area contributed by atoms with Crippen molar-refractivity contribution in [3.8, 4) is 0 Å². The molecule has 1 aliphatic rings. The van der Waals surface area contributed by atoms with E-state index in [1.54, 1.807) is 0 Å². The highest BCUT2D eigenvalue weighted by Gasteiger charge is 2.26. The highest BCUT2D eigenvalue weighted by Crippen LogP contribution is 2.35. The Hall–Kier alpha value is -1.47. The molecule has 21 heavy (non-hydrogen) atoms. The van der Waals surface area contributed by atoms with Gasteiger partial charge in [-0.2, -0.15) is 0 Å². The minimum atomic E-state index is 0.515. The molecule has 1 N–H and O–H groups in total. The quantitative estimate of drug-likeness (QED) is 0.756. The molecule has 0 aromatic heterocycles. The molecule has 3 rings (SSSR count). The second-order valence-corrected chi connectivity index (χ2v) is 6.45. The zero-order valence-corrected chi connectivity index (χ0v) is 13.2. The van der Waals surface area contributed by atoms with E-state index in [1.807, 2.05) is 12.1 Å². The minimum absolute atomic E-state index is 0.515. The molecule has 110 valence electrons. The average Bonchev–Trinajstić information content (AvgIpc) is 2.51. The van der Waals surface area contributed by atoms with Crippen LogP contribution in [0, 0.1) is 6.92 Å². The van der Waals surface area contributed by atoms with Crippen molar-refractivity contribution in [3.05, 3.63) is 64.7 Å². The molecule has 1 fully saturated rings. The monoisotopic (exact) mass is 299 g/mol. The van der Waals surface area contributed by atoms with Gasteiger partial charge in [-0.1, -0.05) is 54.8 Å². The van der Waals surface area contributed by atoms with Gasteiger partial charge in [0.15, 0.2) is 0 Å². The molecule has 2 heteroatoms. The summed E-state index contributed by atoms with van der Waals surface area (Å²) in [5, 5.41) is 4.57. The van der Waals surface area contributed by atoms with Crippen LogP contribution in [0.4, 0.5) is 5.69 Å². The Bertz CT molecular complexity index is 594. The first kappa shape index (κ1) is 14.5. The Morgan fingerprint density at radius 1 is 1.00 bits per heavy atom. The predicted molar refractivity (Wildman–Crippen MR) is 91.3 cm³/mol. The van der Waals surface area contributed by atoms with Crippen molar-refractivity contribution in [1.29, 1.82) is 0 Å². The van der Waals surface area contributed by atoms with E-state index in [0.29, 0.717) is 12.0 Å². The molecule has 0 heterocycles. The molecule has 1 saturated carbocycles. The van der Waals surface area contributed by atoms with Gasteiger partial charge in [0, 0.05) is 22.7 Å². The van der Waals surface area contributed by atoms with Gasteiger partial charge in [0.25, 0.3) is 0 Å². The van der Waals surface area contributed by atoms with Crippen LogP contribution in [-0.4, -0.2) is 6.04 Å². The van der Waals surface area contributed by atoms with E-state index in [4.69, 9.17) is 11.6 Å². The molecule has 0 radical (unpaired) electrons. The third-order valence-electron chi connectivity index (χ3n) is 4.52. The van der Waals surface area contributed by atoms with Gasteiger partial charge in [0.05, 0.1) is 0 Å². The third-order valence-corrected chi connectivity index (χ3v) is 4.76. The predicted octanol–water partition coefficient (Wildman–Crippen LogP) is 5.79. The molecule has 2 atom stereocenters. The fourth-order valence-electron chi connectivity index (χ4n) is 3.39. The summed E-state index contributed by atoms with van der Waals surface area (Å²) >= 11 is 6.06. The molecular weight excluding hydrogens is 278 g/mol. The van der Waals surface area contributed by atoms with Crippen molar-refractivity contribution in [1.82, 2.24) is 0 Å². The molecule has 0 spiro atoms. The Balaban J connectivity index is 1.81. The van der Waals surface area contributed by atoms with E-state index in [2.05, 4.69) is 48.6 Å². The van der Waals surface area contributed by atoms with Crippen molar-refractivity contribution < 1.29 is 0 Å². The summed E-state index contributed by atoms with van der Waals surface area (Å²) in [6, 6.07) is 17.5. The van der Waals surface area contributed by atoms with Crippen LogP contribution in [0.15, 0.2) is 48.5 Å². The maximum absolute atomic E-state index is 6.06. The Morgan fingerprint density at radius 2 is 1.76 bits per heavy atom. The van der Waals surface area contributed by atoms with Gasteiger partial charge < -0.3 is 5.32 Å². The van der Waals surface area contributed by atoms with Gasteiger partial charge in [0.2, 0.25) is 0 Å². The van der Waals surface area contributed by atoms with Crippen LogP contribution in [-0.2, 0) is 0 Å². The van der Waals surface area contributed by atoms with Crippen molar-refractivity contribution in [2.24, 2.45) is 0 Å². The van der Waals surface area contributed by atoms with Crippen molar-refractivity contribution in [2.75, 3.05) is 5.32 Å². The molecule has 2 aromatic rings. The first-order valence-corrected chi connectivity index (χ1v) is 8.19. The second-order valence-electron chi connectivity index (χ2n) is 6.01. The smallest absolute Gasteiger partial charge is 0.0410 e. The Morgan fingerprint density at radius 3 is 2.52 bits per heavy atom. The van der Waals surface area contributed by atoms with Crippen LogP contribution in [0.2, 0.25) is 5.02 Å². The van der Waals surface area contributed by atoms with E-state index < -0.39 is 0 Å². The number of hydrogen-bond donors (Lipinski definition) is 1. The molecular formula is C19H22ClN. The third kappa shape index (κ3) is 3.41. The SMILES string of the molecule is Cc1cc(Cl)ccc1NC1CCCCC1c1ccccc1. The molecule has 0 aliphatic heterocycles. The first-order chi connectivity index (χ1) is 10.2. The summed E-state index contributed by atoms with van der Waals surface area (Å²) in [6.45, 7) is 2.12. The van der Waals surface area contributed by atoms with E-state index >= 15 is 0 Å². The van der Waals surface area contributed by atoms with Crippen LogP contribution < -0.4 is 5.32 Å². The van der Waals surface area contributed by atoms with E-state index in [9.17, 15) is 0 Å². The number of nitrogens with one attached hydrogen (secondary N) is 1. The lowest BCUT2D eigenvalue weighted by Crippen LogP contribution is -2.30. The van der Waals surface area contributed by atoms with Gasteiger partial charge in [0.1, 0.15) is 0 Å². The number of aryl methyl sites for hydroxylation is 1. The minimum Gasteiger partial charge on any atom is -0.381 e. The first-order valence-electron chi connectivity index (χ1n) is 7.81. The second kappa shape index (κ2) is 6.53. The maximum Gasteiger partial charge on any atom is 0.0410 e. The fraction of sp³-hybridized carbons (Fsp3) is 0.368. The molecule has 0 amide bonds. The lowest BCUT2D eigenvalue weighted by atomic mass is 9.80. The van der Waals surface area contributed by atoms with Gasteiger partial charge in [-0.3, -0.25) is 0 Å². The summed E-state index contributed by atoms with van der Waals surface area (Å²) in [5.74, 6) is 0.607. The van der Waals surface area contributed by atoms with Gasteiger partial charge in [-0.25, -0.2) is 0 Å². The highest BCUT2D eigenvalue weighted by molar-refractivity contribution is 6.30. The number of rotatable bonds is 3. The largest absolute Gasteiger partial charge is 0.381 e. The topological polar surface area (TPSA) is 12.0 Å². The van der Waals surface area contributed by atoms with Crippen LogP contribution in [0.25, 0.3) is 0 Å². The zero-order valence-electron chi connectivity index (χ0n) is 12.5. The van der Waals surface area contributed by atoms with E-state index in [-0.39, 0.29) is 0 Å². The number of anilines is 1. The molecule has 0 bridgehead atoms. The van der Waals surface area contributed by atoms with Crippen LogP contribution in [0.5, 0.6) is 0 Å². The van der Waals surface area contributed by atoms with Crippen LogP contribution in [0.1, 0.15) is 42.7 Å². The van der Waals surface area contributed by atoms with Gasteiger partial charge in [-0.05, 0) is 49.1 Å². The van der Waals surface area contributed by atoms with Crippen molar-refractivity contribution in [3.63, 3.8) is 0 Å². The standard InChI is InChI=1S/C19H22ClN/c1-14-13-16(20)11-12-18(14)21-19-10-6-5-9-17(19)15-7-3-2-4-8-15/h2-4,7-8,11-13,17,19,21H,5-6,9-10H2,1H3. The Kier molecular flexibility index (Phi) is 4.50. The highest BCUT2D eigenvalue weighted by atomic mass is 35.5. The Labute approximate surface area is 132 Å². The van der Waals surface area contributed by atoms with Crippen LogP contribution >= 0.6 is 11.6 Å². The summed E-state index contributed by atoms with van der Waals surface area (Å²) in [5.41, 5.74) is 3.90. The lowest BCUT2D eigenvalue weighted by Gasteiger charge is -2.33. The molecule has 0 saturated heterocycles. The maximum atomic E-state index is 6.06. The average molecular weight is 300 g/mol. The molecule has 2 aromatic carbocycles. The molecule has 2 unspecified atom stereocenters. The summed E-state index contributed by atoms with van der Waals surface area (Å²) in [7, 11) is 0. The van der Waals surface area contributed by atoms with Gasteiger partial charge >= 0.3 is 0 Å². The van der Waals surface area contributed by atoms with Crippen molar-refractivity contribution >= 4 is 17.3 Å². The molecule has 1 aliphatic carbocycles. The summed E-state index contributed by atoms with van der Waals surface area (Å²) in [6.07, 6.45) is 5.15. The number of benzene rings is 2. The number of hydrogen-bond acceptors (Lipinski definition) is 1. The van der Waals surface area contributed by atoms with Crippen molar-refractivity contribution in [2.45, 2.75) is 44.6 Å². The van der Waals surface area contributed by atoms with Crippen LogP contribution in [0.3, 0.4) is 0 Å².